The van der Waals surface area contributed by atoms with Gasteiger partial charge in [0.25, 0.3) is 0 Å². The minimum absolute atomic E-state index is 0.119. The van der Waals surface area contributed by atoms with Crippen LogP contribution in [0, 0.1) is 0 Å². The van der Waals surface area contributed by atoms with E-state index in [-0.39, 0.29) is 13.2 Å². The van der Waals surface area contributed by atoms with Gasteiger partial charge >= 0.3 is 7.82 Å². The van der Waals surface area contributed by atoms with E-state index in [2.05, 4.69) is 31.2 Å². The molecule has 7 heteroatoms. The number of allylic oxidation sites excluding steroid dienone is 4. The molecule has 1 unspecified atom stereocenters. The maximum Gasteiger partial charge on any atom is 0.472 e. The van der Waals surface area contributed by atoms with Gasteiger partial charge in [0.1, 0.15) is 18.9 Å². The van der Waals surface area contributed by atoms with E-state index in [0.717, 1.165) is 24.2 Å². The molecular weight excluding hydrogens is 497 g/mol. The Morgan fingerprint density at radius 3 is 2.13 bits per heavy atom. The smallest absolute Gasteiger partial charge is 0.472 e. The molecule has 1 aromatic rings. The van der Waals surface area contributed by atoms with E-state index in [9.17, 15) is 9.46 Å². The molecule has 1 rings (SSSR count). The molecular formula is C31H55NO5P+. The summed E-state index contributed by atoms with van der Waals surface area (Å²) in [6, 6.07) is 7.83. The highest BCUT2D eigenvalue weighted by Gasteiger charge is 2.22. The Morgan fingerprint density at radius 2 is 1.45 bits per heavy atom. The van der Waals surface area contributed by atoms with E-state index in [1.54, 1.807) is 0 Å². The number of hydrogen-bond donors (Lipinski definition) is 1. The number of phosphoric ester groups is 1. The predicted molar refractivity (Wildman–Crippen MR) is 160 cm³/mol. The summed E-state index contributed by atoms with van der Waals surface area (Å²) in [6.45, 7) is 3.88. The molecule has 0 aliphatic heterocycles. The minimum Gasteiger partial charge on any atom is -0.494 e. The first kappa shape index (κ1) is 34.6. The Hall–Kier alpha value is -1.43. The summed E-state index contributed by atoms with van der Waals surface area (Å²) in [5.41, 5.74) is 1.01. The molecule has 0 fully saturated rings. The monoisotopic (exact) mass is 552 g/mol. The Balaban J connectivity index is 2.05. The minimum atomic E-state index is -4.02. The topological polar surface area (TPSA) is 65.0 Å². The van der Waals surface area contributed by atoms with Gasteiger partial charge < -0.3 is 14.1 Å². The van der Waals surface area contributed by atoms with Crippen molar-refractivity contribution in [3.8, 4) is 5.75 Å². The molecule has 0 heterocycles. The predicted octanol–water partition coefficient (Wildman–Crippen LogP) is 8.26. The molecule has 0 aromatic heterocycles. The first-order valence-corrected chi connectivity index (χ1v) is 16.2. The second-order valence-electron chi connectivity index (χ2n) is 11.0. The van der Waals surface area contributed by atoms with Gasteiger partial charge in [-0.3, -0.25) is 9.05 Å². The number of rotatable bonds is 24. The van der Waals surface area contributed by atoms with Crippen molar-refractivity contribution in [3.63, 3.8) is 0 Å². The number of phosphoric acid groups is 1. The standard InChI is InChI=1S/C31H54NO5P/c1-5-6-7-8-9-10-11-12-13-14-15-16-17-18-19-20-26-35-31-23-21-22-30(29-31)24-27-36-38(33,34)37-28-25-32(2,3)4/h9-10,12-13,21-23,29H,5-8,11,14-20,24-28H2,1-4H3/p+1/b10-9-,13-12-. The highest BCUT2D eigenvalue weighted by Crippen LogP contribution is 2.43. The Bertz CT molecular complexity index is 819. The lowest BCUT2D eigenvalue weighted by molar-refractivity contribution is -0.870. The SMILES string of the molecule is CCCCC/C=C\C/C=C\CCCCCCCCOc1cccc(CCOP(=O)(O)OCC[N+](C)(C)C)c1. The summed E-state index contributed by atoms with van der Waals surface area (Å²) in [4.78, 5) is 9.83. The third kappa shape index (κ3) is 21.5. The molecule has 1 aromatic carbocycles. The molecule has 0 aliphatic carbocycles. The van der Waals surface area contributed by atoms with Gasteiger partial charge in [0.15, 0.2) is 0 Å². The van der Waals surface area contributed by atoms with Crippen molar-refractivity contribution in [2.45, 2.75) is 90.4 Å². The fourth-order valence-electron chi connectivity index (χ4n) is 3.82. The first-order valence-electron chi connectivity index (χ1n) is 14.7. The number of benzene rings is 1. The van der Waals surface area contributed by atoms with Crippen LogP contribution in [0.1, 0.15) is 89.5 Å². The zero-order chi connectivity index (χ0) is 28.0. The molecule has 0 amide bonds. The van der Waals surface area contributed by atoms with Crippen LogP contribution in [0.25, 0.3) is 0 Å². The van der Waals surface area contributed by atoms with Gasteiger partial charge in [0, 0.05) is 0 Å². The average Bonchev–Trinajstić information content (AvgIpc) is 2.85. The first-order chi connectivity index (χ1) is 18.2. The van der Waals surface area contributed by atoms with E-state index >= 15 is 0 Å². The Labute approximate surface area is 233 Å². The van der Waals surface area contributed by atoms with Crippen LogP contribution in [0.5, 0.6) is 5.75 Å². The third-order valence-electron chi connectivity index (χ3n) is 6.17. The number of unbranched alkanes of at least 4 members (excludes halogenated alkanes) is 9. The molecule has 0 radical (unpaired) electrons. The van der Waals surface area contributed by atoms with E-state index in [4.69, 9.17) is 13.8 Å². The molecule has 0 saturated carbocycles. The van der Waals surface area contributed by atoms with Crippen molar-refractivity contribution >= 4 is 7.82 Å². The van der Waals surface area contributed by atoms with E-state index < -0.39 is 7.82 Å². The van der Waals surface area contributed by atoms with Gasteiger partial charge in [0.2, 0.25) is 0 Å². The number of quaternary nitrogens is 1. The molecule has 0 spiro atoms. The van der Waals surface area contributed by atoms with Crippen molar-refractivity contribution in [2.24, 2.45) is 0 Å². The van der Waals surface area contributed by atoms with E-state index in [1.807, 2.05) is 45.4 Å². The summed E-state index contributed by atoms with van der Waals surface area (Å²) >= 11 is 0. The second kappa shape index (κ2) is 21.4. The lowest BCUT2D eigenvalue weighted by Gasteiger charge is -2.24. The molecule has 1 atom stereocenters. The Kier molecular flexibility index (Phi) is 19.5. The number of likely N-dealkylation sites (N-methyl/N-ethyl adjacent to an activating group) is 1. The molecule has 38 heavy (non-hydrogen) atoms. The van der Waals surface area contributed by atoms with Crippen LogP contribution in [0.15, 0.2) is 48.6 Å². The fraction of sp³-hybridized carbons (Fsp3) is 0.677. The van der Waals surface area contributed by atoms with Gasteiger partial charge in [-0.15, -0.1) is 0 Å². The van der Waals surface area contributed by atoms with Crippen LogP contribution in [-0.4, -0.2) is 56.9 Å². The molecule has 0 aliphatic rings. The van der Waals surface area contributed by atoms with Crippen molar-refractivity contribution in [3.05, 3.63) is 54.1 Å². The van der Waals surface area contributed by atoms with Gasteiger partial charge in [0.05, 0.1) is 34.4 Å². The fourth-order valence-corrected chi connectivity index (χ4v) is 4.53. The van der Waals surface area contributed by atoms with Gasteiger partial charge in [-0.25, -0.2) is 4.57 Å². The second-order valence-corrected chi connectivity index (χ2v) is 12.4. The average molecular weight is 553 g/mol. The zero-order valence-corrected chi connectivity index (χ0v) is 25.5. The third-order valence-corrected chi connectivity index (χ3v) is 7.19. The van der Waals surface area contributed by atoms with Crippen molar-refractivity contribution < 1.29 is 27.7 Å². The zero-order valence-electron chi connectivity index (χ0n) is 24.6. The van der Waals surface area contributed by atoms with Crippen molar-refractivity contribution in [1.29, 1.82) is 0 Å². The number of hydrogen-bond acceptors (Lipinski definition) is 4. The molecule has 0 saturated heterocycles. The maximum atomic E-state index is 12.0. The lowest BCUT2D eigenvalue weighted by atomic mass is 10.1. The van der Waals surface area contributed by atoms with E-state index in [0.29, 0.717) is 24.1 Å². The van der Waals surface area contributed by atoms with Crippen LogP contribution >= 0.6 is 7.82 Å². The van der Waals surface area contributed by atoms with Crippen LogP contribution < -0.4 is 4.74 Å². The van der Waals surface area contributed by atoms with E-state index in [1.165, 1.54) is 64.2 Å². The molecule has 0 bridgehead atoms. The summed E-state index contributed by atoms with van der Waals surface area (Å²) in [5, 5.41) is 0. The van der Waals surface area contributed by atoms with Crippen LogP contribution in [0.3, 0.4) is 0 Å². The van der Waals surface area contributed by atoms with Crippen molar-refractivity contribution in [1.82, 2.24) is 0 Å². The van der Waals surface area contributed by atoms with Crippen LogP contribution in [0.2, 0.25) is 0 Å². The Morgan fingerprint density at radius 1 is 0.816 bits per heavy atom. The van der Waals surface area contributed by atoms with Crippen LogP contribution in [-0.2, 0) is 20.0 Å². The normalized spacial score (nSPS) is 13.9. The summed E-state index contributed by atoms with van der Waals surface area (Å²) in [5.74, 6) is 0.830. The highest BCUT2D eigenvalue weighted by molar-refractivity contribution is 7.47. The molecule has 6 nitrogen and oxygen atoms in total. The number of ether oxygens (including phenoxy) is 1. The molecule has 1 N–H and O–H groups in total. The summed E-state index contributed by atoms with van der Waals surface area (Å²) in [7, 11) is 1.97. The highest BCUT2D eigenvalue weighted by atomic mass is 31.2. The van der Waals surface area contributed by atoms with Crippen molar-refractivity contribution in [2.75, 3.05) is 47.5 Å². The lowest BCUT2D eigenvalue weighted by Crippen LogP contribution is -2.37. The molecule has 218 valence electrons. The summed E-state index contributed by atoms with van der Waals surface area (Å²) in [6.07, 6.45) is 24.5. The van der Waals surface area contributed by atoms with Gasteiger partial charge in [-0.2, -0.15) is 0 Å². The number of nitrogens with zero attached hydrogens (tertiary/aromatic N) is 1. The quantitative estimate of drug-likeness (QED) is 0.0605. The largest absolute Gasteiger partial charge is 0.494 e. The van der Waals surface area contributed by atoms with Gasteiger partial charge in [-0.05, 0) is 62.6 Å². The maximum absolute atomic E-state index is 12.0. The summed E-state index contributed by atoms with van der Waals surface area (Å²) < 4.78 is 28.8. The van der Waals surface area contributed by atoms with Gasteiger partial charge in [-0.1, -0.05) is 81.9 Å². The van der Waals surface area contributed by atoms with Crippen LogP contribution in [0.4, 0.5) is 0 Å².